The summed E-state index contributed by atoms with van der Waals surface area (Å²) in [5.74, 6) is 0.268. The van der Waals surface area contributed by atoms with Crippen LogP contribution in [0.1, 0.15) is 16.1 Å². The van der Waals surface area contributed by atoms with E-state index in [9.17, 15) is 4.79 Å². The van der Waals surface area contributed by atoms with E-state index in [1.54, 1.807) is 19.4 Å². The molecule has 0 amide bonds. The molecule has 0 atom stereocenters. The van der Waals surface area contributed by atoms with Gasteiger partial charge in [-0.2, -0.15) is 0 Å². The maximum Gasteiger partial charge on any atom is 0.340 e. The summed E-state index contributed by atoms with van der Waals surface area (Å²) in [6, 6.07) is 21.9. The standard InChI is InChI=1S/C27H32N4O3/c1-33-25-13-8-12-24(27(32)34-2)26(25)31(21-22-9-6-7-14-28-22)20-17-29-15-18-30(19-16-29)23-10-4-3-5-11-23/h3-14H,15-21H2,1-2H3. The van der Waals surface area contributed by atoms with Crippen molar-refractivity contribution in [2.24, 2.45) is 0 Å². The molecule has 2 aromatic carbocycles. The fourth-order valence-electron chi connectivity index (χ4n) is 4.38. The Morgan fingerprint density at radius 1 is 0.941 bits per heavy atom. The second-order valence-corrected chi connectivity index (χ2v) is 8.25. The van der Waals surface area contributed by atoms with Gasteiger partial charge in [-0.3, -0.25) is 9.88 Å². The number of nitrogens with zero attached hydrogens (tertiary/aromatic N) is 4. The summed E-state index contributed by atoms with van der Waals surface area (Å²) in [6.45, 7) is 6.12. The van der Waals surface area contributed by atoms with Crippen molar-refractivity contribution in [2.75, 3.05) is 63.3 Å². The van der Waals surface area contributed by atoms with Gasteiger partial charge in [0.2, 0.25) is 0 Å². The van der Waals surface area contributed by atoms with Gasteiger partial charge in [0.25, 0.3) is 0 Å². The number of piperazine rings is 1. The van der Waals surface area contributed by atoms with Gasteiger partial charge >= 0.3 is 5.97 Å². The Morgan fingerprint density at radius 3 is 2.38 bits per heavy atom. The van der Waals surface area contributed by atoms with Gasteiger partial charge in [0.05, 0.1) is 37.7 Å². The summed E-state index contributed by atoms with van der Waals surface area (Å²) in [5, 5.41) is 0. The molecule has 1 aromatic heterocycles. The monoisotopic (exact) mass is 460 g/mol. The molecule has 2 heterocycles. The molecule has 1 aliphatic heterocycles. The van der Waals surface area contributed by atoms with Crippen LogP contribution >= 0.6 is 0 Å². The van der Waals surface area contributed by atoms with Crippen molar-refractivity contribution in [3.8, 4) is 5.75 Å². The first-order valence-corrected chi connectivity index (χ1v) is 11.6. The molecule has 7 nitrogen and oxygen atoms in total. The van der Waals surface area contributed by atoms with Crippen LogP contribution in [0.25, 0.3) is 0 Å². The van der Waals surface area contributed by atoms with Crippen molar-refractivity contribution in [1.82, 2.24) is 9.88 Å². The number of methoxy groups -OCH3 is 2. The quantitative estimate of drug-likeness (QED) is 0.451. The van der Waals surface area contributed by atoms with Crippen LogP contribution in [-0.4, -0.2) is 69.3 Å². The highest BCUT2D eigenvalue weighted by molar-refractivity contribution is 5.97. The lowest BCUT2D eigenvalue weighted by atomic mass is 10.1. The third-order valence-corrected chi connectivity index (χ3v) is 6.20. The number of aromatic nitrogens is 1. The van der Waals surface area contributed by atoms with E-state index in [-0.39, 0.29) is 5.97 Å². The Kier molecular flexibility index (Phi) is 7.99. The summed E-state index contributed by atoms with van der Waals surface area (Å²) in [4.78, 5) is 24.2. The summed E-state index contributed by atoms with van der Waals surface area (Å²) in [6.07, 6.45) is 1.79. The zero-order chi connectivity index (χ0) is 23.8. The van der Waals surface area contributed by atoms with Crippen molar-refractivity contribution >= 4 is 17.3 Å². The van der Waals surface area contributed by atoms with E-state index >= 15 is 0 Å². The van der Waals surface area contributed by atoms with Gasteiger partial charge in [0, 0.05) is 51.2 Å². The number of carbonyl (C=O) groups excluding carboxylic acids is 1. The molecule has 0 bridgehead atoms. The second-order valence-electron chi connectivity index (χ2n) is 8.25. The van der Waals surface area contributed by atoms with E-state index in [0.717, 1.165) is 50.6 Å². The topological polar surface area (TPSA) is 58.1 Å². The van der Waals surface area contributed by atoms with Gasteiger partial charge in [-0.15, -0.1) is 0 Å². The third-order valence-electron chi connectivity index (χ3n) is 6.20. The smallest absolute Gasteiger partial charge is 0.340 e. The molecule has 0 unspecified atom stereocenters. The molecule has 4 rings (SSSR count). The largest absolute Gasteiger partial charge is 0.495 e. The number of hydrogen-bond donors (Lipinski definition) is 0. The number of ether oxygens (including phenoxy) is 2. The van der Waals surface area contributed by atoms with Gasteiger partial charge in [0.15, 0.2) is 0 Å². The molecule has 7 heteroatoms. The fourth-order valence-corrected chi connectivity index (χ4v) is 4.38. The van der Waals surface area contributed by atoms with E-state index in [1.807, 2.05) is 30.3 Å². The van der Waals surface area contributed by atoms with Gasteiger partial charge in [-0.25, -0.2) is 4.79 Å². The van der Waals surface area contributed by atoms with Crippen molar-refractivity contribution in [1.29, 1.82) is 0 Å². The molecule has 1 fully saturated rings. The first-order valence-electron chi connectivity index (χ1n) is 11.6. The molecule has 1 saturated heterocycles. The first kappa shape index (κ1) is 23.6. The SMILES string of the molecule is COC(=O)c1cccc(OC)c1N(CCN1CCN(c2ccccc2)CC1)Cc1ccccn1. The maximum absolute atomic E-state index is 12.6. The van der Waals surface area contributed by atoms with Crippen molar-refractivity contribution < 1.29 is 14.3 Å². The Morgan fingerprint density at radius 2 is 1.71 bits per heavy atom. The minimum atomic E-state index is -0.378. The predicted octanol–water partition coefficient (Wildman–Crippen LogP) is 3.71. The molecule has 178 valence electrons. The van der Waals surface area contributed by atoms with Crippen LogP contribution in [0.4, 0.5) is 11.4 Å². The second kappa shape index (κ2) is 11.5. The molecular formula is C27H32N4O3. The van der Waals surface area contributed by atoms with E-state index in [0.29, 0.717) is 17.9 Å². The minimum absolute atomic E-state index is 0.378. The fraction of sp³-hybridized carbons (Fsp3) is 0.333. The van der Waals surface area contributed by atoms with Gasteiger partial charge in [-0.1, -0.05) is 30.3 Å². The van der Waals surface area contributed by atoms with E-state index in [1.165, 1.54) is 12.8 Å². The summed E-state index contributed by atoms with van der Waals surface area (Å²) in [7, 11) is 3.03. The molecule has 0 saturated carbocycles. The predicted molar refractivity (Wildman–Crippen MR) is 135 cm³/mol. The number of carbonyl (C=O) groups is 1. The Balaban J connectivity index is 1.51. The van der Waals surface area contributed by atoms with Crippen LogP contribution in [0.2, 0.25) is 0 Å². The van der Waals surface area contributed by atoms with Crippen molar-refractivity contribution in [3.63, 3.8) is 0 Å². The molecule has 0 spiro atoms. The molecule has 1 aliphatic rings. The zero-order valence-corrected chi connectivity index (χ0v) is 19.9. The van der Waals surface area contributed by atoms with Gasteiger partial charge in [-0.05, 0) is 36.4 Å². The summed E-state index contributed by atoms with van der Waals surface area (Å²) in [5.41, 5.74) is 3.44. The Labute approximate surface area is 201 Å². The van der Waals surface area contributed by atoms with Crippen molar-refractivity contribution in [3.05, 3.63) is 84.2 Å². The first-order chi connectivity index (χ1) is 16.7. The lowest BCUT2D eigenvalue weighted by Gasteiger charge is -2.37. The summed E-state index contributed by atoms with van der Waals surface area (Å²) < 4.78 is 10.7. The van der Waals surface area contributed by atoms with E-state index < -0.39 is 0 Å². The van der Waals surface area contributed by atoms with Crippen LogP contribution < -0.4 is 14.5 Å². The molecule has 0 N–H and O–H groups in total. The van der Waals surface area contributed by atoms with Gasteiger partial charge in [0.1, 0.15) is 5.75 Å². The van der Waals surface area contributed by atoms with Crippen LogP contribution in [-0.2, 0) is 11.3 Å². The number of esters is 1. The van der Waals surface area contributed by atoms with Crippen LogP contribution in [0, 0.1) is 0 Å². The normalized spacial score (nSPS) is 14.0. The lowest BCUT2D eigenvalue weighted by molar-refractivity contribution is 0.0601. The molecule has 0 aliphatic carbocycles. The average molecular weight is 461 g/mol. The number of pyridine rings is 1. The van der Waals surface area contributed by atoms with Crippen LogP contribution in [0.15, 0.2) is 72.9 Å². The highest BCUT2D eigenvalue weighted by Gasteiger charge is 2.24. The van der Waals surface area contributed by atoms with E-state index in [4.69, 9.17) is 9.47 Å². The zero-order valence-electron chi connectivity index (χ0n) is 19.9. The van der Waals surface area contributed by atoms with Crippen LogP contribution in [0.5, 0.6) is 5.75 Å². The molecule has 34 heavy (non-hydrogen) atoms. The number of anilines is 2. The number of para-hydroxylation sites is 2. The maximum atomic E-state index is 12.6. The number of rotatable bonds is 9. The van der Waals surface area contributed by atoms with Crippen molar-refractivity contribution in [2.45, 2.75) is 6.54 Å². The minimum Gasteiger partial charge on any atom is -0.495 e. The highest BCUT2D eigenvalue weighted by atomic mass is 16.5. The van der Waals surface area contributed by atoms with Crippen LogP contribution in [0.3, 0.4) is 0 Å². The Bertz CT molecular complexity index is 1050. The molecule has 0 radical (unpaired) electrons. The Hall–Kier alpha value is -3.58. The number of benzene rings is 2. The van der Waals surface area contributed by atoms with E-state index in [2.05, 4.69) is 50.0 Å². The number of hydrogen-bond acceptors (Lipinski definition) is 7. The third kappa shape index (κ3) is 5.66. The van der Waals surface area contributed by atoms with Gasteiger partial charge < -0.3 is 19.3 Å². The molecule has 3 aromatic rings. The lowest BCUT2D eigenvalue weighted by Crippen LogP contribution is -2.48. The highest BCUT2D eigenvalue weighted by Crippen LogP contribution is 2.33. The summed E-state index contributed by atoms with van der Waals surface area (Å²) >= 11 is 0. The molecular weight excluding hydrogens is 428 g/mol. The average Bonchev–Trinajstić information content (AvgIpc) is 2.91.